The van der Waals surface area contributed by atoms with Gasteiger partial charge in [-0.05, 0) is 43.2 Å². The SMILES string of the molecule is NC(=S)c1ccnc(N2CCC3(CCCCC3)CC2)c1. The summed E-state index contributed by atoms with van der Waals surface area (Å²) in [5.41, 5.74) is 7.26. The van der Waals surface area contributed by atoms with Crippen molar-refractivity contribution in [1.82, 2.24) is 4.98 Å². The summed E-state index contributed by atoms with van der Waals surface area (Å²) in [5, 5.41) is 0. The normalized spacial score (nSPS) is 21.9. The molecule has 2 aliphatic rings. The average molecular weight is 289 g/mol. The molecule has 2 heterocycles. The molecule has 108 valence electrons. The molecular formula is C16H23N3S. The summed E-state index contributed by atoms with van der Waals surface area (Å²) < 4.78 is 0. The minimum absolute atomic E-state index is 0.453. The van der Waals surface area contributed by atoms with Crippen LogP contribution in [0, 0.1) is 5.41 Å². The van der Waals surface area contributed by atoms with Crippen molar-refractivity contribution < 1.29 is 0 Å². The second-order valence-corrected chi connectivity index (χ2v) is 6.75. The van der Waals surface area contributed by atoms with Gasteiger partial charge in [0, 0.05) is 24.8 Å². The predicted molar refractivity (Wildman–Crippen MR) is 87.1 cm³/mol. The Hall–Kier alpha value is -1.16. The predicted octanol–water partition coefficient (Wildman–Crippen LogP) is 3.27. The number of hydrogen-bond acceptors (Lipinski definition) is 3. The first-order valence-corrected chi connectivity index (χ1v) is 8.10. The number of rotatable bonds is 2. The molecular weight excluding hydrogens is 266 g/mol. The fourth-order valence-corrected chi connectivity index (χ4v) is 3.88. The Morgan fingerprint density at radius 1 is 1.15 bits per heavy atom. The van der Waals surface area contributed by atoms with Gasteiger partial charge >= 0.3 is 0 Å². The van der Waals surface area contributed by atoms with Gasteiger partial charge in [0.2, 0.25) is 0 Å². The minimum atomic E-state index is 0.453. The van der Waals surface area contributed by atoms with E-state index in [9.17, 15) is 0 Å². The maximum atomic E-state index is 5.71. The highest BCUT2D eigenvalue weighted by atomic mass is 32.1. The van der Waals surface area contributed by atoms with Crippen LogP contribution in [-0.4, -0.2) is 23.1 Å². The lowest BCUT2D eigenvalue weighted by Gasteiger charge is -2.44. The van der Waals surface area contributed by atoms with E-state index in [0.717, 1.165) is 24.5 Å². The minimum Gasteiger partial charge on any atom is -0.389 e. The third kappa shape index (κ3) is 2.80. The van der Waals surface area contributed by atoms with Crippen LogP contribution in [-0.2, 0) is 0 Å². The second-order valence-electron chi connectivity index (χ2n) is 6.31. The summed E-state index contributed by atoms with van der Waals surface area (Å²) in [6.45, 7) is 2.24. The topological polar surface area (TPSA) is 42.1 Å². The Morgan fingerprint density at radius 2 is 1.85 bits per heavy atom. The van der Waals surface area contributed by atoms with Crippen LogP contribution in [0.25, 0.3) is 0 Å². The summed E-state index contributed by atoms with van der Waals surface area (Å²) in [7, 11) is 0. The van der Waals surface area contributed by atoms with E-state index in [4.69, 9.17) is 18.0 Å². The van der Waals surface area contributed by atoms with Gasteiger partial charge in [-0.3, -0.25) is 0 Å². The molecule has 0 amide bonds. The lowest BCUT2D eigenvalue weighted by atomic mass is 9.68. The lowest BCUT2D eigenvalue weighted by molar-refractivity contribution is 0.144. The molecule has 20 heavy (non-hydrogen) atoms. The van der Waals surface area contributed by atoms with Crippen molar-refractivity contribution in [3.8, 4) is 0 Å². The molecule has 4 heteroatoms. The van der Waals surface area contributed by atoms with Crippen LogP contribution >= 0.6 is 12.2 Å². The number of anilines is 1. The van der Waals surface area contributed by atoms with Crippen molar-refractivity contribution in [2.24, 2.45) is 11.1 Å². The molecule has 0 unspecified atom stereocenters. The maximum Gasteiger partial charge on any atom is 0.129 e. The van der Waals surface area contributed by atoms with Crippen molar-refractivity contribution in [1.29, 1.82) is 0 Å². The van der Waals surface area contributed by atoms with Crippen LogP contribution in [0.4, 0.5) is 5.82 Å². The van der Waals surface area contributed by atoms with Gasteiger partial charge in [0.25, 0.3) is 0 Å². The van der Waals surface area contributed by atoms with E-state index in [1.165, 1.54) is 44.9 Å². The molecule has 2 N–H and O–H groups in total. The van der Waals surface area contributed by atoms with E-state index >= 15 is 0 Å². The summed E-state index contributed by atoms with van der Waals surface area (Å²) in [4.78, 5) is 7.33. The molecule has 1 saturated heterocycles. The van der Waals surface area contributed by atoms with Gasteiger partial charge < -0.3 is 10.6 Å². The molecule has 1 aliphatic heterocycles. The van der Waals surface area contributed by atoms with Gasteiger partial charge in [-0.15, -0.1) is 0 Å². The number of aromatic nitrogens is 1. The molecule has 1 aliphatic carbocycles. The largest absolute Gasteiger partial charge is 0.389 e. The highest BCUT2D eigenvalue weighted by Gasteiger charge is 2.35. The first-order valence-electron chi connectivity index (χ1n) is 7.69. The Morgan fingerprint density at radius 3 is 2.50 bits per heavy atom. The summed E-state index contributed by atoms with van der Waals surface area (Å²) in [6, 6.07) is 3.92. The Bertz CT molecular complexity index is 484. The maximum absolute atomic E-state index is 5.71. The van der Waals surface area contributed by atoms with Crippen molar-refractivity contribution >= 4 is 23.0 Å². The second kappa shape index (κ2) is 5.68. The zero-order valence-electron chi connectivity index (χ0n) is 12.0. The van der Waals surface area contributed by atoms with E-state index < -0.39 is 0 Å². The van der Waals surface area contributed by atoms with Crippen molar-refractivity contribution in [2.75, 3.05) is 18.0 Å². The van der Waals surface area contributed by atoms with Gasteiger partial charge in [-0.1, -0.05) is 31.5 Å². The molecule has 1 saturated carbocycles. The van der Waals surface area contributed by atoms with Gasteiger partial charge in [0.05, 0.1) is 0 Å². The Kier molecular flexibility index (Phi) is 3.92. The molecule has 0 radical (unpaired) electrons. The fraction of sp³-hybridized carbons (Fsp3) is 0.625. The lowest BCUT2D eigenvalue weighted by Crippen LogP contribution is -2.41. The van der Waals surface area contributed by atoms with Crippen molar-refractivity contribution in [3.63, 3.8) is 0 Å². The first kappa shape index (κ1) is 13.8. The molecule has 1 aromatic heterocycles. The summed E-state index contributed by atoms with van der Waals surface area (Å²) in [5.74, 6) is 1.03. The highest BCUT2D eigenvalue weighted by Crippen LogP contribution is 2.44. The van der Waals surface area contributed by atoms with Crippen LogP contribution in [0.15, 0.2) is 18.3 Å². The molecule has 3 nitrogen and oxygen atoms in total. The molecule has 0 aromatic carbocycles. The number of thiocarbonyl (C=S) groups is 1. The number of nitrogens with two attached hydrogens (primary N) is 1. The van der Waals surface area contributed by atoms with Crippen molar-refractivity contribution in [3.05, 3.63) is 23.9 Å². The monoisotopic (exact) mass is 289 g/mol. The average Bonchev–Trinajstić information content (AvgIpc) is 2.49. The van der Waals surface area contributed by atoms with Gasteiger partial charge in [0.15, 0.2) is 0 Å². The molecule has 1 aromatic rings. The molecule has 2 fully saturated rings. The van der Waals surface area contributed by atoms with E-state index in [1.807, 2.05) is 18.3 Å². The van der Waals surface area contributed by atoms with Crippen molar-refractivity contribution in [2.45, 2.75) is 44.9 Å². The quantitative estimate of drug-likeness (QED) is 0.849. The summed E-state index contributed by atoms with van der Waals surface area (Å²) in [6.07, 6.45) is 11.6. The van der Waals surface area contributed by atoms with E-state index in [2.05, 4.69) is 9.88 Å². The third-order valence-electron chi connectivity index (χ3n) is 5.09. The summed E-state index contributed by atoms with van der Waals surface area (Å²) >= 11 is 5.05. The zero-order chi connectivity index (χ0) is 14.0. The van der Waals surface area contributed by atoms with Crippen LogP contribution in [0.2, 0.25) is 0 Å². The van der Waals surface area contributed by atoms with Crippen LogP contribution in [0.1, 0.15) is 50.5 Å². The van der Waals surface area contributed by atoms with Crippen LogP contribution < -0.4 is 10.6 Å². The van der Waals surface area contributed by atoms with Gasteiger partial charge in [0.1, 0.15) is 10.8 Å². The molecule has 1 spiro atoms. The van der Waals surface area contributed by atoms with Gasteiger partial charge in [-0.2, -0.15) is 0 Å². The first-order chi connectivity index (χ1) is 9.69. The standard InChI is InChI=1S/C16H23N3S/c17-15(20)13-4-9-18-14(12-13)19-10-7-16(8-11-19)5-2-1-3-6-16/h4,9,12H,1-3,5-8,10-11H2,(H2,17,20). The fourth-order valence-electron chi connectivity index (χ4n) is 3.76. The van der Waals surface area contributed by atoms with Crippen LogP contribution in [0.5, 0.6) is 0 Å². The molecule has 0 atom stereocenters. The Labute approximate surface area is 126 Å². The van der Waals surface area contributed by atoms with Gasteiger partial charge in [-0.25, -0.2) is 4.98 Å². The van der Waals surface area contributed by atoms with Crippen LogP contribution in [0.3, 0.4) is 0 Å². The van der Waals surface area contributed by atoms with E-state index in [0.29, 0.717) is 10.4 Å². The number of piperidine rings is 1. The number of hydrogen-bond donors (Lipinski definition) is 1. The highest BCUT2D eigenvalue weighted by molar-refractivity contribution is 7.80. The number of nitrogens with zero attached hydrogens (tertiary/aromatic N) is 2. The van der Waals surface area contributed by atoms with E-state index in [1.54, 1.807) is 0 Å². The smallest absolute Gasteiger partial charge is 0.129 e. The third-order valence-corrected chi connectivity index (χ3v) is 5.33. The number of pyridine rings is 1. The Balaban J connectivity index is 1.68. The van der Waals surface area contributed by atoms with E-state index in [-0.39, 0.29) is 0 Å². The molecule has 0 bridgehead atoms. The molecule has 3 rings (SSSR count). The zero-order valence-corrected chi connectivity index (χ0v) is 12.8.